The van der Waals surface area contributed by atoms with Crippen molar-refractivity contribution in [3.05, 3.63) is 77.8 Å². The molecule has 0 bridgehead atoms. The Morgan fingerprint density at radius 3 is 2.63 bits per heavy atom. The highest BCUT2D eigenvalue weighted by molar-refractivity contribution is 7.17. The molecule has 0 amide bonds. The van der Waals surface area contributed by atoms with E-state index in [4.69, 9.17) is 0 Å². The van der Waals surface area contributed by atoms with Crippen LogP contribution in [0, 0.1) is 12.7 Å². The maximum absolute atomic E-state index is 14.1. The van der Waals surface area contributed by atoms with E-state index in [2.05, 4.69) is 28.6 Å². The Balaban J connectivity index is 1.73. The summed E-state index contributed by atoms with van der Waals surface area (Å²) in [4.78, 5) is 15.5. The molecule has 0 unspecified atom stereocenters. The zero-order valence-corrected chi connectivity index (χ0v) is 16.9. The smallest absolute Gasteiger partial charge is 0.323 e. The highest BCUT2D eigenvalue weighted by atomic mass is 32.1. The van der Waals surface area contributed by atoms with Crippen molar-refractivity contribution in [2.24, 2.45) is 0 Å². The summed E-state index contributed by atoms with van der Waals surface area (Å²) in [7, 11) is 0. The van der Waals surface area contributed by atoms with E-state index < -0.39 is 5.97 Å². The Hall–Kier alpha value is -3.51. The van der Waals surface area contributed by atoms with E-state index in [9.17, 15) is 14.3 Å². The van der Waals surface area contributed by atoms with Gasteiger partial charge in [0.25, 0.3) is 0 Å². The second-order valence-electron chi connectivity index (χ2n) is 7.20. The number of thiophene rings is 1. The minimum atomic E-state index is -0.928. The number of rotatable bonds is 4. The maximum Gasteiger partial charge on any atom is 0.323 e. The number of carbonyl (C=O) groups is 1. The largest absolute Gasteiger partial charge is 0.480 e. The molecule has 148 valence electrons. The summed E-state index contributed by atoms with van der Waals surface area (Å²) in [6, 6.07) is 14.8. The van der Waals surface area contributed by atoms with Gasteiger partial charge in [-0.05, 0) is 59.8 Å². The number of aromatic nitrogens is 2. The van der Waals surface area contributed by atoms with E-state index >= 15 is 0 Å². The highest BCUT2D eigenvalue weighted by Crippen LogP contribution is 2.42. The normalized spacial score (nSPS) is 11.4. The first-order chi connectivity index (χ1) is 14.5. The molecule has 0 aliphatic carbocycles. The summed E-state index contributed by atoms with van der Waals surface area (Å²) >= 11 is 1.63. The number of pyridine rings is 1. The molecule has 0 atom stereocenters. The van der Waals surface area contributed by atoms with Crippen molar-refractivity contribution in [1.29, 1.82) is 0 Å². The SMILES string of the molecule is Cc1c(-c2csc3cc(-c4ccncc4)ccc23)c2cc(F)ccc2n1CC(=O)O. The topological polar surface area (TPSA) is 55.1 Å². The van der Waals surface area contributed by atoms with Crippen LogP contribution in [0.15, 0.2) is 66.3 Å². The zero-order chi connectivity index (χ0) is 20.8. The Bertz CT molecular complexity index is 1420. The molecule has 5 rings (SSSR count). The van der Waals surface area contributed by atoms with Crippen LogP contribution in [0.4, 0.5) is 4.39 Å². The molecular formula is C24H17FN2O2S. The molecule has 6 heteroatoms. The number of nitrogens with zero attached hydrogens (tertiary/aromatic N) is 2. The van der Waals surface area contributed by atoms with E-state index in [-0.39, 0.29) is 12.4 Å². The molecule has 5 aromatic rings. The van der Waals surface area contributed by atoms with Crippen LogP contribution in [0.5, 0.6) is 0 Å². The molecule has 3 heterocycles. The Labute approximate surface area is 175 Å². The summed E-state index contributed by atoms with van der Waals surface area (Å²) in [5.41, 5.74) is 5.62. The van der Waals surface area contributed by atoms with Gasteiger partial charge in [0, 0.05) is 50.2 Å². The van der Waals surface area contributed by atoms with Gasteiger partial charge in [-0.1, -0.05) is 12.1 Å². The molecule has 0 fully saturated rings. The highest BCUT2D eigenvalue weighted by Gasteiger charge is 2.20. The minimum absolute atomic E-state index is 0.164. The number of fused-ring (bicyclic) bond motifs is 2. The average Bonchev–Trinajstić information content (AvgIpc) is 3.26. The number of benzene rings is 2. The van der Waals surface area contributed by atoms with Crippen molar-refractivity contribution < 1.29 is 14.3 Å². The molecule has 0 radical (unpaired) electrons. The monoisotopic (exact) mass is 416 g/mol. The van der Waals surface area contributed by atoms with E-state index in [1.165, 1.54) is 12.1 Å². The molecule has 1 N–H and O–H groups in total. The number of aliphatic carboxylic acids is 1. The first kappa shape index (κ1) is 18.5. The number of halogens is 1. The second kappa shape index (κ2) is 7.07. The molecular weight excluding hydrogens is 399 g/mol. The van der Waals surface area contributed by atoms with Crippen molar-refractivity contribution in [3.8, 4) is 22.3 Å². The lowest BCUT2D eigenvalue weighted by atomic mass is 9.99. The van der Waals surface area contributed by atoms with Gasteiger partial charge < -0.3 is 9.67 Å². The fraction of sp³-hybridized carbons (Fsp3) is 0.0833. The molecule has 0 aliphatic heterocycles. The van der Waals surface area contributed by atoms with Crippen LogP contribution in [-0.2, 0) is 11.3 Å². The molecule has 0 saturated heterocycles. The van der Waals surface area contributed by atoms with Gasteiger partial charge in [-0.25, -0.2) is 4.39 Å². The maximum atomic E-state index is 14.1. The molecule has 3 aromatic heterocycles. The van der Waals surface area contributed by atoms with E-state index in [1.807, 2.05) is 19.1 Å². The van der Waals surface area contributed by atoms with E-state index in [0.29, 0.717) is 0 Å². The second-order valence-corrected chi connectivity index (χ2v) is 8.11. The van der Waals surface area contributed by atoms with Crippen molar-refractivity contribution >= 4 is 38.3 Å². The molecule has 2 aromatic carbocycles. The van der Waals surface area contributed by atoms with Gasteiger partial charge in [-0.2, -0.15) is 0 Å². The van der Waals surface area contributed by atoms with E-state index in [1.54, 1.807) is 34.4 Å². The zero-order valence-electron chi connectivity index (χ0n) is 16.1. The summed E-state index contributed by atoms with van der Waals surface area (Å²) < 4.78 is 16.9. The molecule has 0 aliphatic rings. The predicted molar refractivity (Wildman–Crippen MR) is 118 cm³/mol. The van der Waals surface area contributed by atoms with Crippen LogP contribution >= 0.6 is 11.3 Å². The van der Waals surface area contributed by atoms with Crippen molar-refractivity contribution in [3.63, 3.8) is 0 Å². The fourth-order valence-corrected chi connectivity index (χ4v) is 5.07. The Morgan fingerprint density at radius 1 is 1.07 bits per heavy atom. The molecule has 30 heavy (non-hydrogen) atoms. The summed E-state index contributed by atoms with van der Waals surface area (Å²) in [5.74, 6) is -1.27. The standard InChI is InChI=1S/C24H17FN2O2S/c1-14-24(19-11-17(25)3-5-21(19)27(14)12-23(28)29)20-13-30-22-10-16(2-4-18(20)22)15-6-8-26-9-7-15/h2-11,13H,12H2,1H3,(H,28,29). The van der Waals surface area contributed by atoms with Gasteiger partial charge >= 0.3 is 5.97 Å². The summed E-state index contributed by atoms with van der Waals surface area (Å²) in [6.45, 7) is 1.73. The summed E-state index contributed by atoms with van der Waals surface area (Å²) in [5, 5.41) is 13.2. The first-order valence-electron chi connectivity index (χ1n) is 9.45. The minimum Gasteiger partial charge on any atom is -0.480 e. The molecule has 0 spiro atoms. The lowest BCUT2D eigenvalue weighted by molar-refractivity contribution is -0.137. The first-order valence-corrected chi connectivity index (χ1v) is 10.3. The Morgan fingerprint density at radius 2 is 1.87 bits per heavy atom. The number of hydrogen-bond acceptors (Lipinski definition) is 3. The fourth-order valence-electron chi connectivity index (χ4n) is 4.08. The lowest BCUT2D eigenvalue weighted by Gasteiger charge is -2.06. The number of carboxylic acid groups (broad SMARTS) is 1. The van der Waals surface area contributed by atoms with Gasteiger partial charge in [0.15, 0.2) is 0 Å². The predicted octanol–water partition coefficient (Wildman–Crippen LogP) is 6.12. The van der Waals surface area contributed by atoms with Gasteiger partial charge in [0.2, 0.25) is 0 Å². The van der Waals surface area contributed by atoms with Gasteiger partial charge in [-0.15, -0.1) is 11.3 Å². The third-order valence-corrected chi connectivity index (χ3v) is 6.38. The van der Waals surface area contributed by atoms with Crippen molar-refractivity contribution in [1.82, 2.24) is 9.55 Å². The van der Waals surface area contributed by atoms with Crippen molar-refractivity contribution in [2.75, 3.05) is 0 Å². The molecule has 4 nitrogen and oxygen atoms in total. The van der Waals surface area contributed by atoms with Gasteiger partial charge in [-0.3, -0.25) is 9.78 Å². The third-order valence-electron chi connectivity index (χ3n) is 5.44. The number of hydrogen-bond donors (Lipinski definition) is 1. The van der Waals surface area contributed by atoms with Crippen LogP contribution in [0.25, 0.3) is 43.2 Å². The van der Waals surface area contributed by atoms with Crippen LogP contribution < -0.4 is 0 Å². The number of carboxylic acids is 1. The van der Waals surface area contributed by atoms with E-state index in [0.717, 1.165) is 48.9 Å². The van der Waals surface area contributed by atoms with Crippen LogP contribution in [-0.4, -0.2) is 20.6 Å². The lowest BCUT2D eigenvalue weighted by Crippen LogP contribution is -2.09. The average molecular weight is 416 g/mol. The van der Waals surface area contributed by atoms with Gasteiger partial charge in [0.1, 0.15) is 12.4 Å². The quantitative estimate of drug-likeness (QED) is 0.384. The van der Waals surface area contributed by atoms with Crippen molar-refractivity contribution in [2.45, 2.75) is 13.5 Å². The van der Waals surface area contributed by atoms with Crippen LogP contribution in [0.3, 0.4) is 0 Å². The third kappa shape index (κ3) is 2.97. The van der Waals surface area contributed by atoms with Gasteiger partial charge in [0.05, 0.1) is 0 Å². The Kier molecular flexibility index (Phi) is 4.37. The summed E-state index contributed by atoms with van der Waals surface area (Å²) in [6.07, 6.45) is 3.54. The van der Waals surface area contributed by atoms with Crippen LogP contribution in [0.1, 0.15) is 5.69 Å². The molecule has 0 saturated carbocycles. The van der Waals surface area contributed by atoms with Crippen LogP contribution in [0.2, 0.25) is 0 Å².